The van der Waals surface area contributed by atoms with Gasteiger partial charge in [0.05, 0.1) is 6.61 Å². The zero-order chi connectivity index (χ0) is 24.8. The number of hydrogen-bond acceptors (Lipinski definition) is 5. The van der Waals surface area contributed by atoms with E-state index in [0.717, 1.165) is 22.3 Å². The van der Waals surface area contributed by atoms with Crippen LogP contribution in [0, 0.1) is 6.92 Å². The molecule has 1 aliphatic heterocycles. The van der Waals surface area contributed by atoms with Gasteiger partial charge >= 0.3 is 5.97 Å². The van der Waals surface area contributed by atoms with Crippen molar-refractivity contribution in [3.8, 4) is 11.1 Å². The number of aryl methyl sites for hydroxylation is 1. The van der Waals surface area contributed by atoms with E-state index in [9.17, 15) is 14.7 Å². The third-order valence-electron chi connectivity index (χ3n) is 6.07. The predicted molar refractivity (Wildman–Crippen MR) is 137 cm³/mol. The van der Waals surface area contributed by atoms with E-state index in [1.54, 1.807) is 17.8 Å². The summed E-state index contributed by atoms with van der Waals surface area (Å²) in [4.78, 5) is 25.0. The van der Waals surface area contributed by atoms with Crippen LogP contribution in [-0.4, -0.2) is 41.6 Å². The smallest absolute Gasteiger partial charge is 0.326 e. The molecule has 1 amide bonds. The molecule has 1 fully saturated rings. The van der Waals surface area contributed by atoms with E-state index < -0.39 is 24.2 Å². The Labute approximate surface area is 209 Å². The number of aliphatic carboxylic acids is 1. The first-order chi connectivity index (χ1) is 17.0. The maximum atomic E-state index is 13.3. The second kappa shape index (κ2) is 11.5. The molecule has 1 aliphatic rings. The molecular weight excluding hydrogens is 462 g/mol. The van der Waals surface area contributed by atoms with E-state index in [2.05, 4.69) is 5.32 Å². The van der Waals surface area contributed by atoms with Crippen LogP contribution in [0.1, 0.15) is 45.9 Å². The van der Waals surface area contributed by atoms with Crippen molar-refractivity contribution in [2.75, 3.05) is 18.6 Å². The molecule has 7 heteroatoms. The monoisotopic (exact) mass is 491 g/mol. The molecule has 1 saturated heterocycles. The summed E-state index contributed by atoms with van der Waals surface area (Å²) in [6.07, 6.45) is 1.53. The number of carboxylic acids is 1. The van der Waals surface area contributed by atoms with Crippen LogP contribution in [0.15, 0.2) is 72.8 Å². The van der Waals surface area contributed by atoms with Crippen LogP contribution < -0.4 is 5.32 Å². The molecule has 0 aromatic heterocycles. The summed E-state index contributed by atoms with van der Waals surface area (Å²) in [7, 11) is 0. The van der Waals surface area contributed by atoms with E-state index in [1.807, 2.05) is 79.9 Å². The highest BCUT2D eigenvalue weighted by molar-refractivity contribution is 7.98. The average molecular weight is 492 g/mol. The average Bonchev–Trinajstić information content (AvgIpc) is 3.37. The number of ether oxygens (including phenoxy) is 2. The van der Waals surface area contributed by atoms with Gasteiger partial charge < -0.3 is 19.9 Å². The first kappa shape index (κ1) is 25.0. The molecule has 0 bridgehead atoms. The molecule has 3 atom stereocenters. The van der Waals surface area contributed by atoms with Gasteiger partial charge in [-0.05, 0) is 59.7 Å². The molecule has 0 spiro atoms. The summed E-state index contributed by atoms with van der Waals surface area (Å²) in [5, 5.41) is 12.3. The predicted octanol–water partition coefficient (Wildman–Crippen LogP) is 5.38. The molecule has 4 rings (SSSR count). The molecule has 3 aromatic carbocycles. The van der Waals surface area contributed by atoms with Gasteiger partial charge in [-0.25, -0.2) is 4.79 Å². The van der Waals surface area contributed by atoms with Crippen LogP contribution in [-0.2, 0) is 14.3 Å². The lowest BCUT2D eigenvalue weighted by molar-refractivity contribution is -0.139. The second-order valence-electron chi connectivity index (χ2n) is 8.47. The fourth-order valence-corrected chi connectivity index (χ4v) is 4.62. The lowest BCUT2D eigenvalue weighted by Crippen LogP contribution is -2.41. The Hall–Kier alpha value is -3.13. The Balaban J connectivity index is 1.64. The van der Waals surface area contributed by atoms with Crippen LogP contribution in [0.25, 0.3) is 11.1 Å². The number of thioether (sulfide) groups is 1. The third kappa shape index (κ3) is 5.93. The van der Waals surface area contributed by atoms with Crippen molar-refractivity contribution in [1.29, 1.82) is 0 Å². The highest BCUT2D eigenvalue weighted by Crippen LogP contribution is 2.37. The lowest BCUT2D eigenvalue weighted by atomic mass is 9.93. The largest absolute Gasteiger partial charge is 0.480 e. The van der Waals surface area contributed by atoms with Gasteiger partial charge in [0.1, 0.15) is 12.1 Å². The number of benzene rings is 3. The van der Waals surface area contributed by atoms with Crippen LogP contribution in [0.5, 0.6) is 0 Å². The Morgan fingerprint density at radius 3 is 2.49 bits per heavy atom. The molecule has 1 heterocycles. The van der Waals surface area contributed by atoms with Gasteiger partial charge in [-0.2, -0.15) is 11.8 Å². The molecule has 3 aromatic rings. The highest BCUT2D eigenvalue weighted by Gasteiger charge is 2.30. The summed E-state index contributed by atoms with van der Waals surface area (Å²) in [5.41, 5.74) is 4.88. The van der Waals surface area contributed by atoms with Gasteiger partial charge in [0, 0.05) is 11.1 Å². The third-order valence-corrected chi connectivity index (χ3v) is 6.71. The van der Waals surface area contributed by atoms with Crippen molar-refractivity contribution in [2.45, 2.75) is 31.8 Å². The molecule has 2 N–H and O–H groups in total. The summed E-state index contributed by atoms with van der Waals surface area (Å²) >= 11 is 1.54. The van der Waals surface area contributed by atoms with Crippen molar-refractivity contribution in [1.82, 2.24) is 5.32 Å². The second-order valence-corrected chi connectivity index (χ2v) is 9.45. The van der Waals surface area contributed by atoms with Crippen molar-refractivity contribution in [2.24, 2.45) is 0 Å². The van der Waals surface area contributed by atoms with Gasteiger partial charge in [-0.15, -0.1) is 0 Å². The van der Waals surface area contributed by atoms with Crippen LogP contribution in [0.3, 0.4) is 0 Å². The van der Waals surface area contributed by atoms with Gasteiger partial charge in [-0.1, -0.05) is 60.7 Å². The topological polar surface area (TPSA) is 84.9 Å². The number of amides is 1. The Bertz CT molecular complexity index is 1180. The van der Waals surface area contributed by atoms with E-state index in [-0.39, 0.29) is 6.10 Å². The van der Waals surface area contributed by atoms with E-state index in [1.165, 1.54) is 0 Å². The summed E-state index contributed by atoms with van der Waals surface area (Å²) in [6.45, 7) is 2.42. The maximum absolute atomic E-state index is 13.3. The van der Waals surface area contributed by atoms with E-state index >= 15 is 0 Å². The summed E-state index contributed by atoms with van der Waals surface area (Å²) in [6, 6.07) is 22.2. The number of rotatable bonds is 9. The van der Waals surface area contributed by atoms with Crippen molar-refractivity contribution in [3.05, 3.63) is 95.1 Å². The minimum atomic E-state index is -1.04. The van der Waals surface area contributed by atoms with Crippen LogP contribution in [0.2, 0.25) is 0 Å². The number of nitrogens with one attached hydrogen (secondary N) is 1. The summed E-state index contributed by atoms with van der Waals surface area (Å²) in [5.74, 6) is -0.820. The molecule has 0 saturated carbocycles. The summed E-state index contributed by atoms with van der Waals surface area (Å²) < 4.78 is 12.2. The fourth-order valence-electron chi connectivity index (χ4n) is 4.15. The molecule has 0 aliphatic carbocycles. The first-order valence-electron chi connectivity index (χ1n) is 11.5. The minimum absolute atomic E-state index is 0.168. The molecular formula is C28H29NO5S. The Morgan fingerprint density at radius 2 is 1.77 bits per heavy atom. The molecule has 0 radical (unpaired) electrons. The zero-order valence-electron chi connectivity index (χ0n) is 19.8. The fraction of sp³-hybridized carbons (Fsp3) is 0.286. The van der Waals surface area contributed by atoms with Crippen molar-refractivity contribution >= 4 is 23.6 Å². The molecule has 182 valence electrons. The van der Waals surface area contributed by atoms with Gasteiger partial charge in [-0.3, -0.25) is 4.79 Å². The van der Waals surface area contributed by atoms with Crippen LogP contribution >= 0.6 is 11.8 Å². The van der Waals surface area contributed by atoms with Crippen LogP contribution in [0.4, 0.5) is 0 Å². The van der Waals surface area contributed by atoms with Gasteiger partial charge in [0.25, 0.3) is 5.91 Å². The van der Waals surface area contributed by atoms with Gasteiger partial charge in [0.2, 0.25) is 0 Å². The zero-order valence-corrected chi connectivity index (χ0v) is 20.6. The molecule has 6 nitrogen and oxygen atoms in total. The standard InChI is InChI=1S/C28H29NO5S/c1-18-8-6-7-11-21(18)23-16-20(28-33-17-25(34-28)19-9-4-3-5-10-19)12-13-22(23)26(30)29-24(27(31)32)14-15-35-2/h3-13,16,24-25,28H,14-15,17H2,1-2H3,(H,29,30)(H,31,32). The number of carbonyl (C=O) groups is 2. The maximum Gasteiger partial charge on any atom is 0.326 e. The number of carboxylic acid groups (broad SMARTS) is 1. The highest BCUT2D eigenvalue weighted by atomic mass is 32.2. The number of hydrogen-bond donors (Lipinski definition) is 2. The minimum Gasteiger partial charge on any atom is -0.480 e. The SMILES string of the molecule is CSCCC(NC(=O)c1ccc(C2OCC(c3ccccc3)O2)cc1-c1ccccc1C)C(=O)O. The van der Waals surface area contributed by atoms with Crippen molar-refractivity contribution < 1.29 is 24.2 Å². The van der Waals surface area contributed by atoms with E-state index in [0.29, 0.717) is 29.9 Å². The quantitative estimate of drug-likeness (QED) is 0.418. The molecule has 3 unspecified atom stereocenters. The first-order valence-corrected chi connectivity index (χ1v) is 12.9. The van der Waals surface area contributed by atoms with Crippen molar-refractivity contribution in [3.63, 3.8) is 0 Å². The van der Waals surface area contributed by atoms with Gasteiger partial charge in [0.15, 0.2) is 6.29 Å². The number of carbonyl (C=O) groups excluding carboxylic acids is 1. The van der Waals surface area contributed by atoms with E-state index in [4.69, 9.17) is 9.47 Å². The Morgan fingerprint density at radius 1 is 1.03 bits per heavy atom. The molecule has 35 heavy (non-hydrogen) atoms. The Kier molecular flexibility index (Phi) is 8.23. The normalized spacial score (nSPS) is 18.2. The lowest BCUT2D eigenvalue weighted by Gasteiger charge is -2.19.